The van der Waals surface area contributed by atoms with Gasteiger partial charge in [0.15, 0.2) is 0 Å². The first-order valence-electron chi connectivity index (χ1n) is 8.07. The Kier molecular flexibility index (Phi) is 6.30. The van der Waals surface area contributed by atoms with Gasteiger partial charge in [-0.1, -0.05) is 24.3 Å². The van der Waals surface area contributed by atoms with Gasteiger partial charge in [0.05, 0.1) is 10.9 Å². The third kappa shape index (κ3) is 5.76. The van der Waals surface area contributed by atoms with E-state index in [0.29, 0.717) is 4.58 Å². The van der Waals surface area contributed by atoms with Crippen LogP contribution in [0.15, 0.2) is 67.3 Å². The van der Waals surface area contributed by atoms with E-state index >= 15 is 0 Å². The van der Waals surface area contributed by atoms with Crippen molar-refractivity contribution in [2.45, 2.75) is 22.6 Å². The quantitative estimate of drug-likeness (QED) is 0.458. The van der Waals surface area contributed by atoms with Crippen molar-refractivity contribution < 1.29 is 0 Å². The van der Waals surface area contributed by atoms with Crippen molar-refractivity contribution in [1.82, 2.24) is 9.55 Å². The Hall–Kier alpha value is -2.05. The molecule has 130 valence electrons. The minimum Gasteiger partial charge on any atom is -0.399 e. The summed E-state index contributed by atoms with van der Waals surface area (Å²) in [5, 5.41) is 0. The fourth-order valence-electron chi connectivity index (χ4n) is 2.33. The van der Waals surface area contributed by atoms with E-state index in [1.54, 1.807) is 0 Å². The topological polar surface area (TPSA) is 69.9 Å². The lowest BCUT2D eigenvalue weighted by atomic mass is 10.2. The number of hydrogen-bond acceptors (Lipinski definition) is 5. The third-order valence-corrected chi connectivity index (χ3v) is 6.61. The first kappa shape index (κ1) is 17.8. The summed E-state index contributed by atoms with van der Waals surface area (Å²) in [6, 6.07) is 16.2. The van der Waals surface area contributed by atoms with Gasteiger partial charge in [0.25, 0.3) is 0 Å². The van der Waals surface area contributed by atoms with E-state index < -0.39 is 0 Å². The van der Waals surface area contributed by atoms with E-state index in [0.717, 1.165) is 29.4 Å². The van der Waals surface area contributed by atoms with Crippen LogP contribution in [-0.4, -0.2) is 14.1 Å². The second kappa shape index (κ2) is 8.87. The van der Waals surface area contributed by atoms with Gasteiger partial charge in [-0.2, -0.15) is 0 Å². The molecule has 0 unspecified atom stereocenters. The van der Waals surface area contributed by atoms with E-state index in [1.165, 1.54) is 11.1 Å². The van der Waals surface area contributed by atoms with Gasteiger partial charge in [-0.05, 0) is 35.4 Å². The van der Waals surface area contributed by atoms with Crippen LogP contribution >= 0.6 is 23.5 Å². The van der Waals surface area contributed by atoms with E-state index in [4.69, 9.17) is 11.5 Å². The summed E-state index contributed by atoms with van der Waals surface area (Å²) in [5.41, 5.74) is 15.7. The zero-order chi connectivity index (χ0) is 17.5. The number of nitrogens with zero attached hydrogens (tertiary/aromatic N) is 2. The Balaban J connectivity index is 1.59. The highest BCUT2D eigenvalue weighted by Crippen LogP contribution is 2.31. The normalized spacial score (nSPS) is 11.1. The molecule has 3 aromatic rings. The molecule has 4 N–H and O–H groups in total. The number of anilines is 2. The maximum atomic E-state index is 5.77. The van der Waals surface area contributed by atoms with Gasteiger partial charge in [-0.3, -0.25) is 0 Å². The summed E-state index contributed by atoms with van der Waals surface area (Å²) in [7, 11) is 0. The standard InChI is InChI=1S/C19H22N4S2/c20-17-5-1-15(2-6-17)12-24-19(11-23-10-9-22-14-23)25-13-16-3-7-18(21)8-4-16/h1-10,14,19H,11-13,20-21H2. The van der Waals surface area contributed by atoms with Crippen LogP contribution in [0.5, 0.6) is 0 Å². The molecule has 0 bridgehead atoms. The van der Waals surface area contributed by atoms with Crippen molar-refractivity contribution in [2.75, 3.05) is 11.5 Å². The summed E-state index contributed by atoms with van der Waals surface area (Å²) >= 11 is 3.90. The first-order chi connectivity index (χ1) is 12.2. The smallest absolute Gasteiger partial charge is 0.0946 e. The zero-order valence-electron chi connectivity index (χ0n) is 13.9. The molecule has 0 aliphatic carbocycles. The van der Waals surface area contributed by atoms with Crippen LogP contribution in [0.2, 0.25) is 0 Å². The van der Waals surface area contributed by atoms with Crippen molar-refractivity contribution >= 4 is 34.9 Å². The van der Waals surface area contributed by atoms with Gasteiger partial charge in [0.2, 0.25) is 0 Å². The molecule has 6 heteroatoms. The van der Waals surface area contributed by atoms with Crippen LogP contribution < -0.4 is 11.5 Å². The molecule has 1 heterocycles. The monoisotopic (exact) mass is 370 g/mol. The number of nitrogen functional groups attached to an aromatic ring is 2. The first-order valence-corrected chi connectivity index (χ1v) is 10.2. The summed E-state index contributed by atoms with van der Waals surface area (Å²) in [4.78, 5) is 4.15. The molecule has 0 atom stereocenters. The van der Waals surface area contributed by atoms with Gasteiger partial charge in [0.1, 0.15) is 0 Å². The molecule has 0 aliphatic heterocycles. The lowest BCUT2D eigenvalue weighted by Gasteiger charge is -2.17. The van der Waals surface area contributed by atoms with Crippen molar-refractivity contribution in [1.29, 1.82) is 0 Å². The lowest BCUT2D eigenvalue weighted by Crippen LogP contribution is -2.09. The fourth-order valence-corrected chi connectivity index (χ4v) is 4.82. The van der Waals surface area contributed by atoms with Gasteiger partial charge >= 0.3 is 0 Å². The molecule has 1 aromatic heterocycles. The summed E-state index contributed by atoms with van der Waals surface area (Å²) < 4.78 is 2.57. The minimum absolute atomic E-state index is 0.435. The van der Waals surface area contributed by atoms with Gasteiger partial charge < -0.3 is 16.0 Å². The molecule has 2 aromatic carbocycles. The summed E-state index contributed by atoms with van der Waals surface area (Å²) in [5.74, 6) is 1.93. The zero-order valence-corrected chi connectivity index (χ0v) is 15.5. The molecule has 0 saturated heterocycles. The van der Waals surface area contributed by atoms with Crippen LogP contribution in [0.1, 0.15) is 11.1 Å². The average molecular weight is 371 g/mol. The van der Waals surface area contributed by atoms with Gasteiger partial charge in [0, 0.05) is 41.8 Å². The number of hydrogen-bond donors (Lipinski definition) is 2. The second-order valence-corrected chi connectivity index (χ2v) is 8.47. The minimum atomic E-state index is 0.435. The largest absolute Gasteiger partial charge is 0.399 e. The van der Waals surface area contributed by atoms with Crippen LogP contribution in [0, 0.1) is 0 Å². The van der Waals surface area contributed by atoms with Crippen molar-refractivity contribution in [3.8, 4) is 0 Å². The SMILES string of the molecule is Nc1ccc(CSC(Cn2ccnc2)SCc2ccc(N)cc2)cc1. The average Bonchev–Trinajstić information content (AvgIpc) is 3.13. The molecule has 25 heavy (non-hydrogen) atoms. The van der Waals surface area contributed by atoms with Crippen LogP contribution in [0.25, 0.3) is 0 Å². The third-order valence-electron chi connectivity index (χ3n) is 3.75. The highest BCUT2D eigenvalue weighted by molar-refractivity contribution is 8.16. The molecular formula is C19H22N4S2. The van der Waals surface area contributed by atoms with E-state index in [1.807, 2.05) is 66.5 Å². The molecule has 4 nitrogen and oxygen atoms in total. The van der Waals surface area contributed by atoms with Crippen molar-refractivity contribution in [3.05, 3.63) is 78.4 Å². The number of rotatable bonds is 8. The Morgan fingerprint density at radius 1 is 0.840 bits per heavy atom. The predicted molar refractivity (Wildman–Crippen MR) is 110 cm³/mol. The Labute approximate surface area is 157 Å². The second-order valence-electron chi connectivity index (χ2n) is 5.79. The van der Waals surface area contributed by atoms with Gasteiger partial charge in [-0.25, -0.2) is 4.98 Å². The number of nitrogens with two attached hydrogens (primary N) is 2. The maximum Gasteiger partial charge on any atom is 0.0946 e. The van der Waals surface area contributed by atoms with E-state index in [-0.39, 0.29) is 0 Å². The predicted octanol–water partition coefficient (Wildman–Crippen LogP) is 4.24. The van der Waals surface area contributed by atoms with Crippen LogP contribution in [-0.2, 0) is 18.1 Å². The summed E-state index contributed by atoms with van der Waals surface area (Å²) in [6.07, 6.45) is 5.72. The highest BCUT2D eigenvalue weighted by atomic mass is 32.2. The van der Waals surface area contributed by atoms with E-state index in [2.05, 4.69) is 33.8 Å². The molecule has 0 saturated carbocycles. The summed E-state index contributed by atoms with van der Waals surface area (Å²) in [6.45, 7) is 0.930. The molecule has 3 rings (SSSR count). The number of benzene rings is 2. The van der Waals surface area contributed by atoms with Crippen LogP contribution in [0.3, 0.4) is 0 Å². The van der Waals surface area contributed by atoms with Gasteiger partial charge in [-0.15, -0.1) is 23.5 Å². The molecule has 0 aliphatic rings. The molecular weight excluding hydrogens is 348 g/mol. The Bertz CT molecular complexity index is 706. The van der Waals surface area contributed by atoms with Crippen molar-refractivity contribution in [2.24, 2.45) is 0 Å². The molecule has 0 fully saturated rings. The lowest BCUT2D eigenvalue weighted by molar-refractivity contribution is 0.750. The highest BCUT2D eigenvalue weighted by Gasteiger charge is 2.12. The maximum absolute atomic E-state index is 5.77. The van der Waals surface area contributed by atoms with E-state index in [9.17, 15) is 0 Å². The van der Waals surface area contributed by atoms with Crippen LogP contribution in [0.4, 0.5) is 11.4 Å². The number of aromatic nitrogens is 2. The van der Waals surface area contributed by atoms with Crippen molar-refractivity contribution in [3.63, 3.8) is 0 Å². The Morgan fingerprint density at radius 3 is 1.80 bits per heavy atom. The number of thioether (sulfide) groups is 2. The molecule has 0 amide bonds. The number of imidazole rings is 1. The Morgan fingerprint density at radius 2 is 1.36 bits per heavy atom. The molecule has 0 radical (unpaired) electrons. The molecule has 0 spiro atoms. The fraction of sp³-hybridized carbons (Fsp3) is 0.211.